The average Bonchev–Trinajstić information content (AvgIpc) is 2.38. The molecular formula is C12H15BrN4O. The van der Waals surface area contributed by atoms with Crippen LogP contribution in [-0.4, -0.2) is 37.3 Å². The zero-order chi connectivity index (χ0) is 13.0. The summed E-state index contributed by atoms with van der Waals surface area (Å²) in [6.45, 7) is 1.35. The summed E-state index contributed by atoms with van der Waals surface area (Å²) in [6.07, 6.45) is 0. The minimum atomic E-state index is 0.598. The van der Waals surface area contributed by atoms with E-state index in [1.807, 2.05) is 18.2 Å². The highest BCUT2D eigenvalue weighted by Gasteiger charge is 2.06. The minimum absolute atomic E-state index is 0.598. The Bertz CT molecular complexity index is 547. The highest BCUT2D eigenvalue weighted by Crippen LogP contribution is 2.24. The van der Waals surface area contributed by atoms with Gasteiger partial charge in [-0.15, -0.1) is 0 Å². The topological polar surface area (TPSA) is 59.1 Å². The molecule has 0 aliphatic heterocycles. The third-order valence-corrected chi connectivity index (χ3v) is 2.97. The Labute approximate surface area is 114 Å². The smallest absolute Gasteiger partial charge is 0.224 e. The molecule has 18 heavy (non-hydrogen) atoms. The maximum Gasteiger partial charge on any atom is 0.224 e. The van der Waals surface area contributed by atoms with Crippen molar-refractivity contribution in [3.8, 4) is 0 Å². The number of hydrogen-bond donors (Lipinski definition) is 2. The molecule has 2 N–H and O–H groups in total. The number of halogens is 1. The monoisotopic (exact) mass is 310 g/mol. The summed E-state index contributed by atoms with van der Waals surface area (Å²) < 4.78 is 6.02. The fourth-order valence-electron chi connectivity index (χ4n) is 1.62. The first kappa shape index (κ1) is 13.0. The van der Waals surface area contributed by atoms with E-state index in [0.717, 1.165) is 21.2 Å². The number of nitrogens with zero attached hydrogens (tertiary/aromatic N) is 2. The number of aromatic nitrogens is 2. The van der Waals surface area contributed by atoms with E-state index in [4.69, 9.17) is 4.74 Å². The van der Waals surface area contributed by atoms with Crippen LogP contribution in [0.15, 0.2) is 22.7 Å². The van der Waals surface area contributed by atoms with Gasteiger partial charge in [0, 0.05) is 30.6 Å². The van der Waals surface area contributed by atoms with E-state index in [1.54, 1.807) is 14.2 Å². The van der Waals surface area contributed by atoms with Gasteiger partial charge < -0.3 is 15.4 Å². The van der Waals surface area contributed by atoms with Crippen molar-refractivity contribution in [3.63, 3.8) is 0 Å². The third-order valence-electron chi connectivity index (χ3n) is 2.48. The van der Waals surface area contributed by atoms with E-state index in [2.05, 4.69) is 36.5 Å². The number of nitrogens with one attached hydrogen (secondary N) is 2. The zero-order valence-electron chi connectivity index (χ0n) is 10.3. The number of rotatable bonds is 5. The summed E-state index contributed by atoms with van der Waals surface area (Å²) in [7, 11) is 3.48. The van der Waals surface area contributed by atoms with Gasteiger partial charge in [-0.3, -0.25) is 0 Å². The molecule has 0 aliphatic rings. The Morgan fingerprint density at radius 3 is 2.89 bits per heavy atom. The van der Waals surface area contributed by atoms with Crippen LogP contribution in [0.4, 0.5) is 11.8 Å². The number of hydrogen-bond acceptors (Lipinski definition) is 5. The molecule has 0 amide bonds. The molecule has 0 radical (unpaired) electrons. The van der Waals surface area contributed by atoms with Crippen LogP contribution in [0.25, 0.3) is 10.9 Å². The summed E-state index contributed by atoms with van der Waals surface area (Å²) in [5.41, 5.74) is 0.892. The first-order chi connectivity index (χ1) is 8.74. The van der Waals surface area contributed by atoms with Crippen molar-refractivity contribution < 1.29 is 4.74 Å². The fraction of sp³-hybridized carbons (Fsp3) is 0.333. The van der Waals surface area contributed by atoms with Crippen molar-refractivity contribution in [2.45, 2.75) is 0 Å². The van der Waals surface area contributed by atoms with Crippen molar-refractivity contribution in [2.24, 2.45) is 0 Å². The van der Waals surface area contributed by atoms with Gasteiger partial charge in [0.25, 0.3) is 0 Å². The summed E-state index contributed by atoms with van der Waals surface area (Å²) in [4.78, 5) is 8.84. The van der Waals surface area contributed by atoms with Crippen molar-refractivity contribution in [2.75, 3.05) is 37.9 Å². The summed E-state index contributed by atoms with van der Waals surface area (Å²) in [5, 5.41) is 7.21. The molecule has 0 spiro atoms. The summed E-state index contributed by atoms with van der Waals surface area (Å²) in [5.74, 6) is 1.41. The molecular weight excluding hydrogens is 296 g/mol. The first-order valence-corrected chi connectivity index (χ1v) is 6.41. The van der Waals surface area contributed by atoms with E-state index in [-0.39, 0.29) is 0 Å². The molecule has 0 unspecified atom stereocenters. The molecule has 0 saturated heterocycles. The Morgan fingerprint density at radius 2 is 2.17 bits per heavy atom. The average molecular weight is 311 g/mol. The van der Waals surface area contributed by atoms with Crippen LogP contribution in [0.1, 0.15) is 0 Å². The maximum absolute atomic E-state index is 5.02. The molecule has 0 saturated carbocycles. The maximum atomic E-state index is 5.02. The number of ether oxygens (including phenoxy) is 1. The minimum Gasteiger partial charge on any atom is -0.383 e. The first-order valence-electron chi connectivity index (χ1n) is 5.62. The lowest BCUT2D eigenvalue weighted by Crippen LogP contribution is -2.10. The predicted octanol–water partition coefficient (Wildman–Crippen LogP) is 2.49. The standard InChI is InChI=1S/C12H15BrN4O/c1-14-12-16-10-7-8(13)3-4-9(10)11(17-12)15-5-6-18-2/h3-4,7H,5-6H2,1-2H3,(H2,14,15,16,17). The zero-order valence-corrected chi connectivity index (χ0v) is 11.9. The predicted molar refractivity (Wildman–Crippen MR) is 77.2 cm³/mol. The normalized spacial score (nSPS) is 10.6. The van der Waals surface area contributed by atoms with Gasteiger partial charge in [0.1, 0.15) is 5.82 Å². The lowest BCUT2D eigenvalue weighted by atomic mass is 10.2. The van der Waals surface area contributed by atoms with Crippen LogP contribution < -0.4 is 10.6 Å². The Balaban J connectivity index is 2.41. The Kier molecular flexibility index (Phi) is 4.33. The molecule has 1 aromatic heterocycles. The van der Waals surface area contributed by atoms with E-state index in [1.165, 1.54) is 0 Å². The molecule has 2 rings (SSSR count). The van der Waals surface area contributed by atoms with Crippen LogP contribution >= 0.6 is 15.9 Å². The molecule has 0 aliphatic carbocycles. The van der Waals surface area contributed by atoms with Crippen LogP contribution in [-0.2, 0) is 4.74 Å². The van der Waals surface area contributed by atoms with Crippen LogP contribution in [0.5, 0.6) is 0 Å². The Hall–Kier alpha value is -1.40. The number of methoxy groups -OCH3 is 1. The summed E-state index contributed by atoms with van der Waals surface area (Å²) >= 11 is 3.45. The van der Waals surface area contributed by atoms with Gasteiger partial charge in [-0.05, 0) is 18.2 Å². The van der Waals surface area contributed by atoms with Crippen molar-refractivity contribution in [1.29, 1.82) is 0 Å². The number of anilines is 2. The molecule has 96 valence electrons. The van der Waals surface area contributed by atoms with E-state index in [9.17, 15) is 0 Å². The molecule has 2 aromatic rings. The molecule has 1 heterocycles. The van der Waals surface area contributed by atoms with Gasteiger partial charge in [0.2, 0.25) is 5.95 Å². The van der Waals surface area contributed by atoms with E-state index in [0.29, 0.717) is 19.1 Å². The van der Waals surface area contributed by atoms with Crippen LogP contribution in [0.3, 0.4) is 0 Å². The molecule has 6 heteroatoms. The second-order valence-corrected chi connectivity index (χ2v) is 4.64. The van der Waals surface area contributed by atoms with Gasteiger partial charge >= 0.3 is 0 Å². The lowest BCUT2D eigenvalue weighted by molar-refractivity contribution is 0.210. The van der Waals surface area contributed by atoms with Gasteiger partial charge in [-0.1, -0.05) is 15.9 Å². The molecule has 0 bridgehead atoms. The molecule has 0 fully saturated rings. The largest absolute Gasteiger partial charge is 0.383 e. The molecule has 5 nitrogen and oxygen atoms in total. The molecule has 0 atom stereocenters. The number of benzene rings is 1. The SMILES string of the molecule is CNc1nc(NCCOC)c2ccc(Br)cc2n1. The Morgan fingerprint density at radius 1 is 1.33 bits per heavy atom. The van der Waals surface area contributed by atoms with Crippen molar-refractivity contribution in [3.05, 3.63) is 22.7 Å². The third kappa shape index (κ3) is 2.88. The molecule has 1 aromatic carbocycles. The highest BCUT2D eigenvalue weighted by molar-refractivity contribution is 9.10. The van der Waals surface area contributed by atoms with Gasteiger partial charge in [0.15, 0.2) is 0 Å². The van der Waals surface area contributed by atoms with Crippen LogP contribution in [0.2, 0.25) is 0 Å². The van der Waals surface area contributed by atoms with E-state index >= 15 is 0 Å². The van der Waals surface area contributed by atoms with Crippen LogP contribution in [0, 0.1) is 0 Å². The lowest BCUT2D eigenvalue weighted by Gasteiger charge is -2.10. The fourth-order valence-corrected chi connectivity index (χ4v) is 1.97. The van der Waals surface area contributed by atoms with Gasteiger partial charge in [-0.2, -0.15) is 4.98 Å². The van der Waals surface area contributed by atoms with Gasteiger partial charge in [-0.25, -0.2) is 4.98 Å². The second-order valence-electron chi connectivity index (χ2n) is 3.73. The number of fused-ring (bicyclic) bond motifs is 1. The highest BCUT2D eigenvalue weighted by atomic mass is 79.9. The van der Waals surface area contributed by atoms with Gasteiger partial charge in [0.05, 0.1) is 12.1 Å². The van der Waals surface area contributed by atoms with E-state index < -0.39 is 0 Å². The van der Waals surface area contributed by atoms with Crippen molar-refractivity contribution in [1.82, 2.24) is 9.97 Å². The summed E-state index contributed by atoms with van der Waals surface area (Å²) in [6, 6.07) is 5.94. The quantitative estimate of drug-likeness (QED) is 0.831. The van der Waals surface area contributed by atoms with Crippen molar-refractivity contribution >= 4 is 38.6 Å². The second kappa shape index (κ2) is 5.97.